The van der Waals surface area contributed by atoms with Crippen molar-refractivity contribution in [1.82, 2.24) is 0 Å². The quantitative estimate of drug-likeness (QED) is 0.0543. The summed E-state index contributed by atoms with van der Waals surface area (Å²) < 4.78 is 5.68. The van der Waals surface area contributed by atoms with Gasteiger partial charge in [-0.3, -0.25) is 0 Å². The number of halogens is 4. The van der Waals surface area contributed by atoms with E-state index < -0.39 is 0 Å². The molecule has 0 fully saturated rings. The third kappa shape index (κ3) is 53.0. The van der Waals surface area contributed by atoms with E-state index in [1.807, 2.05) is 0 Å². The highest BCUT2D eigenvalue weighted by Gasteiger charge is 2.28. The highest BCUT2D eigenvalue weighted by atomic mass is 35.5. The highest BCUT2D eigenvalue weighted by molar-refractivity contribution is 4.53. The van der Waals surface area contributed by atoms with Crippen LogP contribution in [-0.2, 0) is 0 Å². The molecule has 0 aromatic rings. The highest BCUT2D eigenvalue weighted by Crippen LogP contribution is 2.20. The van der Waals surface area contributed by atoms with Crippen LogP contribution in [-0.4, -0.2) is 123 Å². The fourth-order valence-electron chi connectivity index (χ4n) is 10.6. The smallest absolute Gasteiger partial charge is 0.0786 e. The van der Waals surface area contributed by atoms with Gasteiger partial charge in [0.1, 0.15) is 0 Å². The van der Waals surface area contributed by atoms with E-state index in [9.17, 15) is 0 Å². The SMILES string of the molecule is CCCC[N+](CCCC)(CCCC)CCCC.CCCC[N+](CCCC)(CCCC)CCCC.CCCC[N+](CCCC)(CCCC)CCCC.CCCC[N+](CCCC)(CCCC)CCCC.[Cl-].[Cl-].[Cl-].[Cl-]. The fraction of sp³-hybridized carbons (Fsp3) is 1.00. The predicted molar refractivity (Wildman–Crippen MR) is 317 cm³/mol. The standard InChI is InChI=1S/4C16H36N.4ClH/c4*1-5-9-13-17(14-10-6-2,15-11-7-3)16-12-8-4;;;;/h4*5-16H2,1-4H3;4*1H/q4*+1;;;;/p-4. The van der Waals surface area contributed by atoms with Crippen molar-refractivity contribution < 1.29 is 67.6 Å². The van der Waals surface area contributed by atoms with Gasteiger partial charge in [0.05, 0.1) is 105 Å². The fourth-order valence-corrected chi connectivity index (χ4v) is 10.6. The summed E-state index contributed by atoms with van der Waals surface area (Å²) in [6.07, 6.45) is 44.2. The molecule has 0 rings (SSSR count). The van der Waals surface area contributed by atoms with Crippen molar-refractivity contribution in [2.75, 3.05) is 105 Å². The number of nitrogens with zero attached hydrogens (tertiary/aromatic N) is 4. The minimum atomic E-state index is 0. The van der Waals surface area contributed by atoms with Gasteiger partial charge in [0.2, 0.25) is 0 Å². The number of unbranched alkanes of at least 4 members (excludes halogenated alkanes) is 16. The summed E-state index contributed by atoms with van der Waals surface area (Å²) in [5.41, 5.74) is 0. The first-order valence-corrected chi connectivity index (χ1v) is 32.4. The maximum Gasteiger partial charge on any atom is 0.0786 e. The molecule has 0 aliphatic heterocycles. The van der Waals surface area contributed by atoms with Crippen LogP contribution in [0.25, 0.3) is 0 Å². The van der Waals surface area contributed by atoms with Crippen LogP contribution in [0.2, 0.25) is 0 Å². The van der Waals surface area contributed by atoms with Gasteiger partial charge in [0.25, 0.3) is 0 Å². The lowest BCUT2D eigenvalue weighted by Crippen LogP contribution is -3.00. The summed E-state index contributed by atoms with van der Waals surface area (Å²) in [4.78, 5) is 0. The van der Waals surface area contributed by atoms with E-state index in [0.717, 1.165) is 0 Å². The summed E-state index contributed by atoms with van der Waals surface area (Å²) >= 11 is 0. The van der Waals surface area contributed by atoms with E-state index >= 15 is 0 Å². The molecule has 0 aromatic carbocycles. The molecule has 0 atom stereocenters. The van der Waals surface area contributed by atoms with Gasteiger partial charge in [0.15, 0.2) is 0 Å². The van der Waals surface area contributed by atoms with E-state index in [-0.39, 0.29) is 49.6 Å². The van der Waals surface area contributed by atoms with E-state index in [1.165, 1.54) is 328 Å². The third-order valence-corrected chi connectivity index (χ3v) is 15.8. The second-order valence-corrected chi connectivity index (χ2v) is 22.6. The molecule has 0 unspecified atom stereocenters. The Balaban J connectivity index is -0.000000124. The van der Waals surface area contributed by atoms with E-state index in [0.29, 0.717) is 0 Å². The molecule has 0 aliphatic carbocycles. The van der Waals surface area contributed by atoms with Gasteiger partial charge in [-0.05, 0) is 103 Å². The Bertz CT molecular complexity index is 631. The molecule has 0 heterocycles. The van der Waals surface area contributed by atoms with Crippen molar-refractivity contribution in [2.45, 2.75) is 316 Å². The van der Waals surface area contributed by atoms with E-state index in [4.69, 9.17) is 0 Å². The molecule has 4 nitrogen and oxygen atoms in total. The molecule has 0 aliphatic rings. The van der Waals surface area contributed by atoms with Gasteiger partial charge in [-0.25, -0.2) is 0 Å². The predicted octanol–water partition coefficient (Wildman–Crippen LogP) is 8.03. The average molecular weight is 1110 g/mol. The van der Waals surface area contributed by atoms with Crippen molar-refractivity contribution in [3.05, 3.63) is 0 Å². The second kappa shape index (κ2) is 68.1. The van der Waals surface area contributed by atoms with Crippen molar-refractivity contribution in [3.8, 4) is 0 Å². The Kier molecular flexibility index (Phi) is 84.7. The monoisotopic (exact) mass is 1110 g/mol. The first-order valence-electron chi connectivity index (χ1n) is 32.4. The summed E-state index contributed by atoms with van der Waals surface area (Å²) in [6.45, 7) is 60.1. The molecular formula is C64H144Cl4N4. The normalized spacial score (nSPS) is 11.3. The number of rotatable bonds is 48. The molecule has 0 radical (unpaired) electrons. The lowest BCUT2D eigenvalue weighted by molar-refractivity contribution is -0.929. The summed E-state index contributed by atoms with van der Waals surface area (Å²) in [7, 11) is 0. The molecule has 0 saturated heterocycles. The van der Waals surface area contributed by atoms with Crippen LogP contribution < -0.4 is 49.6 Å². The van der Waals surface area contributed by atoms with Crippen LogP contribution in [0.15, 0.2) is 0 Å². The van der Waals surface area contributed by atoms with Crippen LogP contribution in [0, 0.1) is 0 Å². The Morgan fingerprint density at radius 2 is 0.181 bits per heavy atom. The zero-order valence-electron chi connectivity index (χ0n) is 53.2. The van der Waals surface area contributed by atoms with Gasteiger partial charge < -0.3 is 67.6 Å². The molecule has 0 N–H and O–H groups in total. The van der Waals surface area contributed by atoms with Gasteiger partial charge in [0, 0.05) is 0 Å². The maximum absolute atomic E-state index is 2.33. The van der Waals surface area contributed by atoms with Crippen molar-refractivity contribution in [1.29, 1.82) is 0 Å². The maximum atomic E-state index is 2.33. The Labute approximate surface area is 485 Å². The lowest BCUT2D eigenvalue weighted by atomic mass is 10.1. The first-order chi connectivity index (χ1) is 33.0. The molecular weight excluding hydrogens is 967 g/mol. The number of quaternary nitrogens is 4. The zero-order chi connectivity index (χ0) is 51.9. The van der Waals surface area contributed by atoms with E-state index in [2.05, 4.69) is 111 Å². The Morgan fingerprint density at radius 1 is 0.125 bits per heavy atom. The van der Waals surface area contributed by atoms with Crippen LogP contribution in [0.1, 0.15) is 316 Å². The molecule has 0 aromatic heterocycles. The van der Waals surface area contributed by atoms with Crippen LogP contribution in [0.3, 0.4) is 0 Å². The Morgan fingerprint density at radius 3 is 0.222 bits per heavy atom. The van der Waals surface area contributed by atoms with Crippen LogP contribution >= 0.6 is 0 Å². The topological polar surface area (TPSA) is 0 Å². The molecule has 72 heavy (non-hydrogen) atoms. The second-order valence-electron chi connectivity index (χ2n) is 22.6. The molecule has 448 valence electrons. The third-order valence-electron chi connectivity index (χ3n) is 15.8. The minimum absolute atomic E-state index is 0. The van der Waals surface area contributed by atoms with Gasteiger partial charge in [-0.1, -0.05) is 214 Å². The molecule has 8 heteroatoms. The number of hydrogen-bond donors (Lipinski definition) is 0. The molecule has 0 bridgehead atoms. The largest absolute Gasteiger partial charge is 1.00 e. The summed E-state index contributed by atoms with van der Waals surface area (Å²) in [5.74, 6) is 0. The van der Waals surface area contributed by atoms with Crippen LogP contribution in [0.5, 0.6) is 0 Å². The molecule has 0 spiro atoms. The van der Waals surface area contributed by atoms with Gasteiger partial charge in [-0.2, -0.15) is 0 Å². The minimum Gasteiger partial charge on any atom is -1.00 e. The summed E-state index contributed by atoms with van der Waals surface area (Å²) in [5, 5.41) is 0. The average Bonchev–Trinajstić information content (AvgIpc) is 3.37. The zero-order valence-corrected chi connectivity index (χ0v) is 56.3. The summed E-state index contributed by atoms with van der Waals surface area (Å²) in [6, 6.07) is 0. The van der Waals surface area contributed by atoms with Gasteiger partial charge in [-0.15, -0.1) is 0 Å². The van der Waals surface area contributed by atoms with Crippen molar-refractivity contribution in [3.63, 3.8) is 0 Å². The molecule has 0 amide bonds. The van der Waals surface area contributed by atoms with Gasteiger partial charge >= 0.3 is 0 Å². The van der Waals surface area contributed by atoms with Crippen molar-refractivity contribution in [2.24, 2.45) is 0 Å². The first kappa shape index (κ1) is 89.6. The molecule has 0 saturated carbocycles. The Hall–Kier alpha value is 1.00. The lowest BCUT2D eigenvalue weighted by Gasteiger charge is -2.39. The van der Waals surface area contributed by atoms with Crippen molar-refractivity contribution >= 4 is 0 Å². The number of hydrogen-bond acceptors (Lipinski definition) is 0. The van der Waals surface area contributed by atoms with Crippen LogP contribution in [0.4, 0.5) is 0 Å². The van der Waals surface area contributed by atoms with E-state index in [1.54, 1.807) is 0 Å².